The molecular formula is C13H22ClN3OS. The van der Waals surface area contributed by atoms with E-state index in [0.29, 0.717) is 11.0 Å². The fraction of sp³-hybridized carbons (Fsp3) is 0.692. The van der Waals surface area contributed by atoms with Crippen molar-refractivity contribution >= 4 is 34.8 Å². The van der Waals surface area contributed by atoms with E-state index in [-0.39, 0.29) is 30.3 Å². The first-order valence-electron chi connectivity index (χ1n) is 6.58. The second-order valence-corrected chi connectivity index (χ2v) is 6.20. The van der Waals surface area contributed by atoms with Crippen LogP contribution in [0.2, 0.25) is 0 Å². The van der Waals surface area contributed by atoms with Crippen LogP contribution in [0.1, 0.15) is 51.1 Å². The normalized spacial score (nSPS) is 22.9. The minimum atomic E-state index is 0. The molecule has 0 aliphatic heterocycles. The molecule has 2 rings (SSSR count). The second kappa shape index (κ2) is 7.22. The van der Waals surface area contributed by atoms with Gasteiger partial charge in [0.05, 0.1) is 5.69 Å². The molecule has 0 aromatic carbocycles. The number of carbonyl (C=O) groups is 1. The number of nitrogens with one attached hydrogen (secondary N) is 1. The minimum absolute atomic E-state index is 0. The summed E-state index contributed by atoms with van der Waals surface area (Å²) in [6, 6.07) is 0.178. The van der Waals surface area contributed by atoms with Crippen LogP contribution in [0.5, 0.6) is 0 Å². The Bertz CT molecular complexity index is 422. The zero-order valence-corrected chi connectivity index (χ0v) is 13.0. The average Bonchev–Trinajstić information content (AvgIpc) is 2.77. The molecule has 0 spiro atoms. The highest BCUT2D eigenvalue weighted by molar-refractivity contribution is 7.13. The fourth-order valence-corrected chi connectivity index (χ4v) is 3.16. The van der Waals surface area contributed by atoms with Gasteiger partial charge in [0.2, 0.25) is 5.91 Å². The maximum Gasteiger partial charge on any atom is 0.229 e. The highest BCUT2D eigenvalue weighted by Crippen LogP contribution is 2.26. The van der Waals surface area contributed by atoms with E-state index in [0.717, 1.165) is 31.4 Å². The van der Waals surface area contributed by atoms with Crippen LogP contribution in [-0.4, -0.2) is 16.9 Å². The molecule has 4 nitrogen and oxygen atoms in total. The van der Waals surface area contributed by atoms with Crippen LogP contribution in [0.4, 0.5) is 5.13 Å². The number of nitrogens with zero attached hydrogens (tertiary/aromatic N) is 1. The lowest BCUT2D eigenvalue weighted by Gasteiger charge is -2.25. The Hall–Kier alpha value is -0.650. The van der Waals surface area contributed by atoms with Gasteiger partial charge in [0.25, 0.3) is 0 Å². The molecule has 3 N–H and O–H groups in total. The first-order chi connectivity index (χ1) is 8.56. The molecule has 108 valence electrons. The molecule has 1 amide bonds. The first kappa shape index (κ1) is 16.4. The molecule has 6 heteroatoms. The molecule has 1 aliphatic rings. The largest absolute Gasteiger partial charge is 0.328 e. The Kier molecular flexibility index (Phi) is 6.23. The van der Waals surface area contributed by atoms with Gasteiger partial charge < -0.3 is 11.1 Å². The fourth-order valence-electron chi connectivity index (χ4n) is 2.28. The van der Waals surface area contributed by atoms with Crippen molar-refractivity contribution in [3.8, 4) is 0 Å². The lowest BCUT2D eigenvalue weighted by atomic mass is 9.86. The monoisotopic (exact) mass is 303 g/mol. The summed E-state index contributed by atoms with van der Waals surface area (Å²) in [5.74, 6) is 0.532. The Morgan fingerprint density at radius 1 is 1.53 bits per heavy atom. The van der Waals surface area contributed by atoms with Crippen molar-refractivity contribution < 1.29 is 4.79 Å². The van der Waals surface area contributed by atoms with Crippen molar-refractivity contribution in [2.75, 3.05) is 5.32 Å². The minimum Gasteiger partial charge on any atom is -0.328 e. The molecule has 0 bridgehead atoms. The van der Waals surface area contributed by atoms with E-state index in [9.17, 15) is 4.79 Å². The smallest absolute Gasteiger partial charge is 0.229 e. The van der Waals surface area contributed by atoms with Gasteiger partial charge in [-0.3, -0.25) is 4.79 Å². The molecule has 0 radical (unpaired) electrons. The molecule has 0 saturated heterocycles. The molecule has 19 heavy (non-hydrogen) atoms. The maximum absolute atomic E-state index is 12.1. The highest BCUT2D eigenvalue weighted by Gasteiger charge is 2.25. The number of hydrogen-bond acceptors (Lipinski definition) is 4. The summed E-state index contributed by atoms with van der Waals surface area (Å²) in [4.78, 5) is 16.5. The van der Waals surface area contributed by atoms with Gasteiger partial charge in [-0.25, -0.2) is 4.98 Å². The molecule has 1 saturated carbocycles. The lowest BCUT2D eigenvalue weighted by Crippen LogP contribution is -2.34. The highest BCUT2D eigenvalue weighted by atomic mass is 35.5. The number of anilines is 1. The number of halogens is 1. The Morgan fingerprint density at radius 3 is 2.84 bits per heavy atom. The molecule has 2 atom stereocenters. The maximum atomic E-state index is 12.1. The van der Waals surface area contributed by atoms with Gasteiger partial charge in [0.15, 0.2) is 5.13 Å². The Morgan fingerprint density at radius 2 is 2.26 bits per heavy atom. The molecule has 1 aromatic rings. The van der Waals surface area contributed by atoms with E-state index in [2.05, 4.69) is 24.1 Å². The van der Waals surface area contributed by atoms with Gasteiger partial charge in [0.1, 0.15) is 0 Å². The Labute approximate surface area is 124 Å². The number of amides is 1. The van der Waals surface area contributed by atoms with Crippen LogP contribution in [0.15, 0.2) is 5.38 Å². The molecule has 1 heterocycles. The summed E-state index contributed by atoms with van der Waals surface area (Å²) in [6.45, 7) is 4.20. The van der Waals surface area contributed by atoms with Gasteiger partial charge in [-0.1, -0.05) is 20.3 Å². The summed E-state index contributed by atoms with van der Waals surface area (Å²) in [7, 11) is 0. The quantitative estimate of drug-likeness (QED) is 0.901. The zero-order valence-electron chi connectivity index (χ0n) is 11.4. The van der Waals surface area contributed by atoms with Crippen molar-refractivity contribution in [1.29, 1.82) is 0 Å². The van der Waals surface area contributed by atoms with E-state index < -0.39 is 0 Å². The average molecular weight is 304 g/mol. The van der Waals surface area contributed by atoms with E-state index in [4.69, 9.17) is 5.73 Å². The van der Waals surface area contributed by atoms with E-state index in [1.165, 1.54) is 11.3 Å². The number of rotatable bonds is 3. The van der Waals surface area contributed by atoms with Crippen LogP contribution < -0.4 is 11.1 Å². The predicted molar refractivity (Wildman–Crippen MR) is 82.0 cm³/mol. The van der Waals surface area contributed by atoms with Crippen molar-refractivity contribution in [3.63, 3.8) is 0 Å². The van der Waals surface area contributed by atoms with Gasteiger partial charge in [0, 0.05) is 17.3 Å². The summed E-state index contributed by atoms with van der Waals surface area (Å²) in [6.07, 6.45) is 3.84. The van der Waals surface area contributed by atoms with Crippen LogP contribution in [0.3, 0.4) is 0 Å². The number of carbonyl (C=O) groups excluding carboxylic acids is 1. The SMILES string of the molecule is CC(C)c1csc(NC(=O)C2CCCC(N)C2)n1.Cl. The van der Waals surface area contributed by atoms with Crippen molar-refractivity contribution in [3.05, 3.63) is 11.1 Å². The second-order valence-electron chi connectivity index (χ2n) is 5.35. The van der Waals surface area contributed by atoms with Crippen LogP contribution >= 0.6 is 23.7 Å². The van der Waals surface area contributed by atoms with Gasteiger partial charge in [-0.15, -0.1) is 23.7 Å². The van der Waals surface area contributed by atoms with Crippen molar-refractivity contribution in [2.24, 2.45) is 11.7 Å². The third kappa shape index (κ3) is 4.44. The van der Waals surface area contributed by atoms with Gasteiger partial charge in [-0.05, 0) is 25.2 Å². The summed E-state index contributed by atoms with van der Waals surface area (Å²) in [5, 5.41) is 5.64. The van der Waals surface area contributed by atoms with Crippen molar-refractivity contribution in [1.82, 2.24) is 4.98 Å². The molecule has 1 aliphatic carbocycles. The number of nitrogens with two attached hydrogens (primary N) is 1. The van der Waals surface area contributed by atoms with Gasteiger partial charge >= 0.3 is 0 Å². The predicted octanol–water partition coefficient (Wildman–Crippen LogP) is 3.14. The van der Waals surface area contributed by atoms with Crippen molar-refractivity contribution in [2.45, 2.75) is 51.5 Å². The Balaban J connectivity index is 0.00000180. The van der Waals surface area contributed by atoms with E-state index >= 15 is 0 Å². The lowest BCUT2D eigenvalue weighted by molar-refractivity contribution is -0.120. The van der Waals surface area contributed by atoms with Gasteiger partial charge in [-0.2, -0.15) is 0 Å². The first-order valence-corrected chi connectivity index (χ1v) is 7.46. The number of thiazole rings is 1. The van der Waals surface area contributed by atoms with Crippen LogP contribution in [0, 0.1) is 5.92 Å². The van der Waals surface area contributed by atoms with Crippen LogP contribution in [0.25, 0.3) is 0 Å². The number of hydrogen-bond donors (Lipinski definition) is 2. The third-order valence-corrected chi connectivity index (χ3v) is 4.21. The van der Waals surface area contributed by atoms with Crippen LogP contribution in [-0.2, 0) is 4.79 Å². The molecule has 2 unspecified atom stereocenters. The molecular weight excluding hydrogens is 282 g/mol. The summed E-state index contributed by atoms with van der Waals surface area (Å²) >= 11 is 1.50. The van der Waals surface area contributed by atoms with E-state index in [1.807, 2.05) is 5.38 Å². The standard InChI is InChI=1S/C13H21N3OS.ClH/c1-8(2)11-7-18-13(15-11)16-12(17)9-4-3-5-10(14)6-9;/h7-10H,3-6,14H2,1-2H3,(H,15,16,17);1H. The third-order valence-electron chi connectivity index (χ3n) is 3.43. The number of aromatic nitrogens is 1. The van der Waals surface area contributed by atoms with E-state index in [1.54, 1.807) is 0 Å². The zero-order chi connectivity index (χ0) is 13.1. The summed E-state index contributed by atoms with van der Waals surface area (Å²) < 4.78 is 0. The molecule has 1 fully saturated rings. The molecule has 1 aromatic heterocycles. The summed E-state index contributed by atoms with van der Waals surface area (Å²) in [5.41, 5.74) is 6.94. The topological polar surface area (TPSA) is 68.0 Å².